The predicted octanol–water partition coefficient (Wildman–Crippen LogP) is 1.80. The van der Waals surface area contributed by atoms with E-state index in [2.05, 4.69) is 25.9 Å². The first-order valence-electron chi connectivity index (χ1n) is 7.98. The van der Waals surface area contributed by atoms with Gasteiger partial charge in [-0.2, -0.15) is 0 Å². The summed E-state index contributed by atoms with van der Waals surface area (Å²) in [5.41, 5.74) is 7.02. The molecule has 0 saturated carbocycles. The molecular formula is C17H20N4O3S2. The van der Waals surface area contributed by atoms with E-state index in [9.17, 15) is 9.59 Å². The molecule has 0 aliphatic carbocycles. The van der Waals surface area contributed by atoms with Crippen LogP contribution in [0.5, 0.6) is 0 Å². The van der Waals surface area contributed by atoms with Gasteiger partial charge in [0.2, 0.25) is 5.91 Å². The fraction of sp³-hybridized carbons (Fsp3) is 0.294. The predicted molar refractivity (Wildman–Crippen MR) is 104 cm³/mol. The van der Waals surface area contributed by atoms with Gasteiger partial charge in [-0.1, -0.05) is 30.3 Å². The van der Waals surface area contributed by atoms with E-state index in [1.54, 1.807) is 0 Å². The number of nitrogens with zero attached hydrogens (tertiary/aromatic N) is 1. The first-order valence-corrected chi connectivity index (χ1v) is 9.26. The zero-order chi connectivity index (χ0) is 18.8. The number of rotatable bonds is 7. The molecule has 26 heavy (non-hydrogen) atoms. The number of hydrogen-bond acceptors (Lipinski definition) is 6. The van der Waals surface area contributed by atoms with Crippen molar-refractivity contribution in [1.29, 1.82) is 0 Å². The van der Waals surface area contributed by atoms with Gasteiger partial charge in [-0.25, -0.2) is 4.98 Å². The molecule has 1 aromatic carbocycles. The lowest BCUT2D eigenvalue weighted by molar-refractivity contribution is -0.140. The van der Waals surface area contributed by atoms with Gasteiger partial charge in [0.15, 0.2) is 5.11 Å². The summed E-state index contributed by atoms with van der Waals surface area (Å²) in [7, 11) is 1.35. The molecule has 2 aromatic rings. The largest absolute Gasteiger partial charge is 0.469 e. The Hall–Kier alpha value is -2.52. The Bertz CT molecular complexity index is 749. The van der Waals surface area contributed by atoms with Crippen LogP contribution in [0.4, 0.5) is 0 Å². The minimum atomic E-state index is -0.266. The van der Waals surface area contributed by atoms with Gasteiger partial charge in [0.25, 0.3) is 0 Å². The summed E-state index contributed by atoms with van der Waals surface area (Å²) in [4.78, 5) is 27.4. The van der Waals surface area contributed by atoms with Gasteiger partial charge in [-0.15, -0.1) is 11.3 Å². The highest BCUT2D eigenvalue weighted by Crippen LogP contribution is 2.21. The standard InChI is InChI=1S/C17H20N4O3S2/c1-24-16(23)8-5-9-18-17(25)21-20-14(22)10-15-19-13(11-26-15)12-6-3-2-4-7-12/h2-4,6-7,11H,5,8-10H2,1H3,(H,20,22)(H2,18,21,25). The summed E-state index contributed by atoms with van der Waals surface area (Å²) >= 11 is 6.48. The Morgan fingerprint density at radius 3 is 2.73 bits per heavy atom. The van der Waals surface area contributed by atoms with E-state index >= 15 is 0 Å². The van der Waals surface area contributed by atoms with Gasteiger partial charge < -0.3 is 10.1 Å². The minimum Gasteiger partial charge on any atom is -0.469 e. The van der Waals surface area contributed by atoms with E-state index in [0.717, 1.165) is 16.3 Å². The second kappa shape index (κ2) is 10.5. The lowest BCUT2D eigenvalue weighted by atomic mass is 10.2. The van der Waals surface area contributed by atoms with Crippen LogP contribution in [0.3, 0.4) is 0 Å². The number of aromatic nitrogens is 1. The van der Waals surface area contributed by atoms with Gasteiger partial charge in [0.1, 0.15) is 5.01 Å². The monoisotopic (exact) mass is 392 g/mol. The van der Waals surface area contributed by atoms with Crippen LogP contribution in [-0.2, 0) is 20.7 Å². The smallest absolute Gasteiger partial charge is 0.305 e. The molecule has 0 spiro atoms. The van der Waals surface area contributed by atoms with Crippen molar-refractivity contribution in [3.63, 3.8) is 0 Å². The van der Waals surface area contributed by atoms with Crippen molar-refractivity contribution in [3.8, 4) is 11.3 Å². The summed E-state index contributed by atoms with van der Waals surface area (Å²) in [6.45, 7) is 0.504. The van der Waals surface area contributed by atoms with Gasteiger partial charge >= 0.3 is 5.97 Å². The third-order valence-corrected chi connectivity index (χ3v) is 4.41. The number of amides is 1. The molecule has 1 amide bonds. The van der Waals surface area contributed by atoms with Crippen LogP contribution in [0.15, 0.2) is 35.7 Å². The van der Waals surface area contributed by atoms with Crippen molar-refractivity contribution < 1.29 is 14.3 Å². The van der Waals surface area contributed by atoms with E-state index in [-0.39, 0.29) is 23.4 Å². The second-order valence-corrected chi connectivity index (χ2v) is 6.63. The van der Waals surface area contributed by atoms with Crippen LogP contribution in [0, 0.1) is 0 Å². The lowest BCUT2D eigenvalue weighted by Crippen LogP contribution is -2.47. The Morgan fingerprint density at radius 2 is 2.00 bits per heavy atom. The fourth-order valence-corrected chi connectivity index (χ4v) is 2.98. The molecule has 3 N–H and O–H groups in total. The molecule has 0 atom stereocenters. The Kier molecular flexibility index (Phi) is 7.97. The van der Waals surface area contributed by atoms with Crippen molar-refractivity contribution in [3.05, 3.63) is 40.7 Å². The van der Waals surface area contributed by atoms with Crippen LogP contribution in [0.25, 0.3) is 11.3 Å². The highest BCUT2D eigenvalue weighted by atomic mass is 32.1. The van der Waals surface area contributed by atoms with Crippen LogP contribution < -0.4 is 16.2 Å². The molecule has 9 heteroatoms. The van der Waals surface area contributed by atoms with Crippen molar-refractivity contribution >= 4 is 40.5 Å². The maximum Gasteiger partial charge on any atom is 0.305 e. The van der Waals surface area contributed by atoms with Crippen molar-refractivity contribution in [2.45, 2.75) is 19.3 Å². The summed E-state index contributed by atoms with van der Waals surface area (Å²) in [6.07, 6.45) is 1.06. The zero-order valence-electron chi connectivity index (χ0n) is 14.3. The number of thiazole rings is 1. The average molecular weight is 393 g/mol. The maximum atomic E-state index is 12.0. The van der Waals surface area contributed by atoms with Crippen molar-refractivity contribution in [1.82, 2.24) is 21.2 Å². The Labute approximate surface area is 161 Å². The SMILES string of the molecule is COC(=O)CCCNC(=S)NNC(=O)Cc1nc(-c2ccccc2)cs1. The number of carbonyl (C=O) groups excluding carboxylic acids is 2. The first kappa shape index (κ1) is 19.8. The average Bonchev–Trinajstić information content (AvgIpc) is 3.12. The van der Waals surface area contributed by atoms with Crippen LogP contribution in [0.2, 0.25) is 0 Å². The van der Waals surface area contributed by atoms with Gasteiger partial charge in [0, 0.05) is 23.9 Å². The number of hydrazine groups is 1. The molecular weight excluding hydrogens is 372 g/mol. The van der Waals surface area contributed by atoms with Gasteiger partial charge in [0.05, 0.1) is 19.2 Å². The summed E-state index contributed by atoms with van der Waals surface area (Å²) in [5.74, 6) is -0.505. The number of benzene rings is 1. The Morgan fingerprint density at radius 1 is 1.23 bits per heavy atom. The number of esters is 1. The maximum absolute atomic E-state index is 12.0. The number of carbonyl (C=O) groups is 2. The molecule has 0 unspecified atom stereocenters. The van der Waals surface area contributed by atoms with Crippen molar-refractivity contribution in [2.75, 3.05) is 13.7 Å². The van der Waals surface area contributed by atoms with E-state index < -0.39 is 0 Å². The third-order valence-electron chi connectivity index (χ3n) is 3.32. The molecule has 2 rings (SSSR count). The minimum absolute atomic E-state index is 0.162. The van der Waals surface area contributed by atoms with Crippen LogP contribution in [0.1, 0.15) is 17.8 Å². The topological polar surface area (TPSA) is 92.4 Å². The molecule has 1 aromatic heterocycles. The van der Waals surface area contributed by atoms with Crippen molar-refractivity contribution in [2.24, 2.45) is 0 Å². The van der Waals surface area contributed by atoms with E-state index in [1.165, 1.54) is 18.4 Å². The zero-order valence-corrected chi connectivity index (χ0v) is 15.9. The van der Waals surface area contributed by atoms with Gasteiger partial charge in [-0.05, 0) is 18.6 Å². The normalized spacial score (nSPS) is 10.0. The number of nitrogens with one attached hydrogen (secondary N) is 3. The number of thiocarbonyl (C=S) groups is 1. The molecule has 0 bridgehead atoms. The highest BCUT2D eigenvalue weighted by Gasteiger charge is 2.09. The Balaban J connectivity index is 1.68. The second-order valence-electron chi connectivity index (χ2n) is 5.28. The molecule has 0 aliphatic heterocycles. The molecule has 1 heterocycles. The molecule has 0 saturated heterocycles. The molecule has 0 fully saturated rings. The number of methoxy groups -OCH3 is 1. The summed E-state index contributed by atoms with van der Waals surface area (Å²) in [6, 6.07) is 9.80. The van der Waals surface area contributed by atoms with Crippen LogP contribution in [-0.4, -0.2) is 35.6 Å². The van der Waals surface area contributed by atoms with E-state index in [4.69, 9.17) is 12.2 Å². The van der Waals surface area contributed by atoms with Crippen LogP contribution >= 0.6 is 23.6 Å². The molecule has 0 radical (unpaired) electrons. The highest BCUT2D eigenvalue weighted by molar-refractivity contribution is 7.80. The first-order chi connectivity index (χ1) is 12.6. The number of hydrogen-bond donors (Lipinski definition) is 3. The third kappa shape index (κ3) is 6.77. The number of ether oxygens (including phenoxy) is 1. The summed E-state index contributed by atoms with van der Waals surface area (Å²) < 4.78 is 4.55. The fourth-order valence-electron chi connectivity index (χ4n) is 2.02. The lowest BCUT2D eigenvalue weighted by Gasteiger charge is -2.10. The molecule has 7 nitrogen and oxygen atoms in total. The molecule has 138 valence electrons. The van der Waals surface area contributed by atoms with E-state index in [0.29, 0.717) is 19.4 Å². The van der Waals surface area contributed by atoms with Gasteiger partial charge in [-0.3, -0.25) is 20.4 Å². The summed E-state index contributed by atoms with van der Waals surface area (Å²) in [5, 5.41) is 5.83. The molecule has 0 aliphatic rings. The quantitative estimate of drug-likeness (QED) is 0.286. The van der Waals surface area contributed by atoms with E-state index in [1.807, 2.05) is 35.7 Å².